The molecule has 1 rings (SSSR count). The molecule has 4 nitrogen and oxygen atoms in total. The molecule has 1 aromatic carbocycles. The third kappa shape index (κ3) is 24.9. The molecule has 0 aliphatic carbocycles. The molecule has 1 aromatic rings. The summed E-state index contributed by atoms with van der Waals surface area (Å²) in [4.78, 5) is 0. The van der Waals surface area contributed by atoms with Crippen molar-refractivity contribution >= 4 is 10.1 Å². The number of rotatable bonds is 31. The van der Waals surface area contributed by atoms with Gasteiger partial charge in [-0.25, -0.2) is 0 Å². The largest absolute Gasteiger partial charge is 0.508 e. The lowest BCUT2D eigenvalue weighted by atomic mass is 9.93. The number of phenolic OH excluding ortho intramolecular Hbond substituents is 1. The fourth-order valence-corrected chi connectivity index (χ4v) is 7.33. The van der Waals surface area contributed by atoms with Crippen molar-refractivity contribution in [2.24, 2.45) is 5.92 Å². The first-order valence-corrected chi connectivity index (χ1v) is 20.2. The molecule has 43 heavy (non-hydrogen) atoms. The second-order valence-electron chi connectivity index (χ2n) is 13.5. The summed E-state index contributed by atoms with van der Waals surface area (Å²) in [5, 5.41) is 10.4. The summed E-state index contributed by atoms with van der Waals surface area (Å²) in [6.45, 7) is 4.47. The van der Waals surface area contributed by atoms with Crippen LogP contribution < -0.4 is 0 Å². The van der Waals surface area contributed by atoms with Gasteiger partial charge in [0.25, 0.3) is 10.1 Å². The van der Waals surface area contributed by atoms with Crippen LogP contribution in [0, 0.1) is 5.92 Å². The molecular formula is C38H70O4S. The van der Waals surface area contributed by atoms with Crippen molar-refractivity contribution in [2.75, 3.05) is 5.75 Å². The first kappa shape index (κ1) is 40.0. The maximum absolute atomic E-state index is 11.6. The highest BCUT2D eigenvalue weighted by Gasteiger charge is 2.18. The molecule has 0 saturated carbocycles. The number of aromatic hydroxyl groups is 1. The van der Waals surface area contributed by atoms with E-state index in [4.69, 9.17) is 0 Å². The molecule has 0 aliphatic rings. The monoisotopic (exact) mass is 622 g/mol. The number of unbranched alkanes of at least 4 members (excludes halogenated alkanes) is 23. The maximum atomic E-state index is 11.6. The summed E-state index contributed by atoms with van der Waals surface area (Å²) in [7, 11) is -4.00. The predicted molar refractivity (Wildman–Crippen MR) is 187 cm³/mol. The highest BCUT2D eigenvalue weighted by atomic mass is 32.2. The van der Waals surface area contributed by atoms with Crippen LogP contribution in [0.1, 0.15) is 192 Å². The van der Waals surface area contributed by atoms with E-state index in [-0.39, 0.29) is 11.7 Å². The molecule has 1 unspecified atom stereocenters. The summed E-state index contributed by atoms with van der Waals surface area (Å²) in [5.74, 6) is 0.0669. The Morgan fingerprint density at radius 1 is 0.581 bits per heavy atom. The average molecular weight is 623 g/mol. The first-order chi connectivity index (χ1) is 20.9. The van der Waals surface area contributed by atoms with E-state index in [2.05, 4.69) is 19.9 Å². The molecule has 252 valence electrons. The fourth-order valence-electron chi connectivity index (χ4n) is 6.45. The van der Waals surface area contributed by atoms with Gasteiger partial charge in [-0.1, -0.05) is 180 Å². The number of hydrogen-bond donors (Lipinski definition) is 2. The molecule has 0 bridgehead atoms. The van der Waals surface area contributed by atoms with Crippen LogP contribution in [0.5, 0.6) is 5.75 Å². The molecule has 0 spiro atoms. The number of aryl methyl sites for hydroxylation is 1. The zero-order chi connectivity index (χ0) is 31.4. The van der Waals surface area contributed by atoms with Gasteiger partial charge in [-0.05, 0) is 48.8 Å². The van der Waals surface area contributed by atoms with Gasteiger partial charge in [0.2, 0.25) is 0 Å². The number of hydrogen-bond acceptors (Lipinski definition) is 3. The Hall–Kier alpha value is -1.07. The van der Waals surface area contributed by atoms with Gasteiger partial charge in [-0.2, -0.15) is 8.42 Å². The molecule has 5 heteroatoms. The van der Waals surface area contributed by atoms with Crippen LogP contribution in [0.25, 0.3) is 0 Å². The molecule has 1 atom stereocenters. The highest BCUT2D eigenvalue weighted by molar-refractivity contribution is 7.85. The summed E-state index contributed by atoms with van der Waals surface area (Å²) in [6, 6.07) is 5.72. The van der Waals surface area contributed by atoms with Crippen LogP contribution in [0.4, 0.5) is 0 Å². The smallest absolute Gasteiger partial charge is 0.265 e. The average Bonchev–Trinajstić information content (AvgIpc) is 2.96. The van der Waals surface area contributed by atoms with Crippen molar-refractivity contribution in [3.63, 3.8) is 0 Å². The van der Waals surface area contributed by atoms with E-state index in [1.807, 2.05) is 6.07 Å². The number of phenols is 1. The quantitative estimate of drug-likeness (QED) is 0.0638. The van der Waals surface area contributed by atoms with Crippen LogP contribution in [-0.4, -0.2) is 23.8 Å². The summed E-state index contributed by atoms with van der Waals surface area (Å²) >= 11 is 0. The Balaban J connectivity index is 2.11. The zero-order valence-corrected chi connectivity index (χ0v) is 29.3. The highest BCUT2D eigenvalue weighted by Crippen LogP contribution is 2.25. The van der Waals surface area contributed by atoms with E-state index in [0.717, 1.165) is 43.2 Å². The Labute approximate surface area is 268 Å². The van der Waals surface area contributed by atoms with Gasteiger partial charge in [-0.3, -0.25) is 4.55 Å². The van der Waals surface area contributed by atoms with Crippen LogP contribution in [-0.2, 0) is 23.0 Å². The molecule has 0 fully saturated rings. The second-order valence-corrected chi connectivity index (χ2v) is 14.9. The van der Waals surface area contributed by atoms with E-state index in [9.17, 15) is 18.1 Å². The van der Waals surface area contributed by atoms with Crippen molar-refractivity contribution in [3.05, 3.63) is 29.3 Å². The van der Waals surface area contributed by atoms with E-state index in [0.29, 0.717) is 12.2 Å². The third-order valence-corrected chi connectivity index (χ3v) is 10.0. The third-order valence-electron chi connectivity index (χ3n) is 9.13. The predicted octanol–water partition coefficient (Wildman–Crippen LogP) is 12.2. The SMILES string of the molecule is CCCCCCCCCCCCCCCCCCCCCCc1cc(CC(CCCCCCC)CS(=O)(=O)O)ccc1O. The van der Waals surface area contributed by atoms with Gasteiger partial charge < -0.3 is 5.11 Å². The fraction of sp³-hybridized carbons (Fsp3) is 0.842. The van der Waals surface area contributed by atoms with Gasteiger partial charge >= 0.3 is 0 Å². The molecule has 0 aromatic heterocycles. The van der Waals surface area contributed by atoms with Crippen molar-refractivity contribution in [1.29, 1.82) is 0 Å². The normalized spacial score (nSPS) is 12.6. The van der Waals surface area contributed by atoms with Crippen molar-refractivity contribution in [2.45, 2.75) is 194 Å². The summed E-state index contributed by atoms with van der Waals surface area (Å²) < 4.78 is 32.7. The van der Waals surface area contributed by atoms with Crippen LogP contribution >= 0.6 is 0 Å². The van der Waals surface area contributed by atoms with Crippen molar-refractivity contribution in [3.8, 4) is 5.75 Å². The van der Waals surface area contributed by atoms with E-state index in [1.165, 1.54) is 141 Å². The van der Waals surface area contributed by atoms with Gasteiger partial charge in [0, 0.05) is 0 Å². The molecular weight excluding hydrogens is 552 g/mol. The van der Waals surface area contributed by atoms with E-state index >= 15 is 0 Å². The standard InChI is InChI=1S/C38H70O4S/c1-3-5-7-9-10-11-12-13-14-15-16-17-18-19-20-21-22-23-25-27-29-37-33-35(30-31-38(37)39)32-36(34-43(40,41)42)28-26-24-8-6-4-2/h30-31,33,36,39H,3-29,32,34H2,1-2H3,(H,40,41,42). The maximum Gasteiger partial charge on any atom is 0.265 e. The van der Waals surface area contributed by atoms with E-state index < -0.39 is 10.1 Å². The number of benzene rings is 1. The van der Waals surface area contributed by atoms with Gasteiger partial charge in [0.15, 0.2) is 0 Å². The summed E-state index contributed by atoms with van der Waals surface area (Å²) in [6.07, 6.45) is 35.4. The second kappa shape index (κ2) is 27.3. The lowest BCUT2D eigenvalue weighted by molar-refractivity contribution is 0.439. The van der Waals surface area contributed by atoms with Crippen LogP contribution in [0.15, 0.2) is 18.2 Å². The molecule has 0 aliphatic heterocycles. The van der Waals surface area contributed by atoms with Gasteiger partial charge in [0.05, 0.1) is 5.75 Å². The van der Waals surface area contributed by atoms with Crippen LogP contribution in [0.2, 0.25) is 0 Å². The van der Waals surface area contributed by atoms with Crippen LogP contribution in [0.3, 0.4) is 0 Å². The Morgan fingerprint density at radius 2 is 0.977 bits per heavy atom. The Morgan fingerprint density at radius 3 is 1.40 bits per heavy atom. The topological polar surface area (TPSA) is 74.6 Å². The minimum absolute atomic E-state index is 0.0891. The molecule has 0 amide bonds. The molecule has 0 saturated heterocycles. The van der Waals surface area contributed by atoms with Crippen molar-refractivity contribution in [1.82, 2.24) is 0 Å². The molecule has 0 radical (unpaired) electrons. The first-order valence-electron chi connectivity index (χ1n) is 18.6. The summed E-state index contributed by atoms with van der Waals surface area (Å²) in [5.41, 5.74) is 2.02. The van der Waals surface area contributed by atoms with Gasteiger partial charge in [-0.15, -0.1) is 0 Å². The van der Waals surface area contributed by atoms with Gasteiger partial charge in [0.1, 0.15) is 5.75 Å². The minimum Gasteiger partial charge on any atom is -0.508 e. The Bertz CT molecular complexity index is 867. The lowest BCUT2D eigenvalue weighted by Gasteiger charge is -2.16. The van der Waals surface area contributed by atoms with E-state index in [1.54, 1.807) is 6.07 Å². The minimum atomic E-state index is -4.00. The molecule has 0 heterocycles. The molecule has 2 N–H and O–H groups in total. The lowest BCUT2D eigenvalue weighted by Crippen LogP contribution is -2.18. The Kier molecular flexibility index (Phi) is 25.3. The zero-order valence-electron chi connectivity index (χ0n) is 28.4. The van der Waals surface area contributed by atoms with Crippen molar-refractivity contribution < 1.29 is 18.1 Å².